The Hall–Kier alpha value is -3.19. The first kappa shape index (κ1) is 20.5. The molecule has 0 aliphatic carbocycles. The van der Waals surface area contributed by atoms with E-state index in [0.29, 0.717) is 46.0 Å². The molecule has 2 aromatic carbocycles. The molecule has 0 aliphatic rings. The van der Waals surface area contributed by atoms with Gasteiger partial charge in [-0.3, -0.25) is 0 Å². The summed E-state index contributed by atoms with van der Waals surface area (Å²) in [7, 11) is 4.74. The van der Waals surface area contributed by atoms with E-state index in [0.717, 1.165) is 5.56 Å². The molecule has 8 heteroatoms. The Morgan fingerprint density at radius 3 is 2.48 bits per heavy atom. The van der Waals surface area contributed by atoms with Gasteiger partial charge in [0.05, 0.1) is 33.5 Å². The lowest BCUT2D eigenvalue weighted by Gasteiger charge is -2.09. The zero-order chi connectivity index (χ0) is 20.8. The van der Waals surface area contributed by atoms with Crippen molar-refractivity contribution in [2.24, 2.45) is 0 Å². The number of ether oxygens (including phenoxy) is 4. The molecule has 0 aliphatic heterocycles. The first-order valence-corrected chi connectivity index (χ1v) is 9.21. The van der Waals surface area contributed by atoms with E-state index in [1.807, 2.05) is 25.1 Å². The molecular formula is C21H21ClN2O5. The number of methoxy groups -OCH3 is 3. The zero-order valence-corrected chi connectivity index (χ0v) is 17.3. The van der Waals surface area contributed by atoms with Gasteiger partial charge in [-0.25, -0.2) is 0 Å². The normalized spacial score (nSPS) is 11.3. The minimum atomic E-state index is 0.188. The van der Waals surface area contributed by atoms with Gasteiger partial charge in [-0.05, 0) is 42.8 Å². The fourth-order valence-corrected chi connectivity index (χ4v) is 2.88. The Bertz CT molecular complexity index is 1020. The van der Waals surface area contributed by atoms with Gasteiger partial charge >= 0.3 is 0 Å². The molecule has 0 fully saturated rings. The zero-order valence-electron chi connectivity index (χ0n) is 16.6. The molecule has 3 aromatic rings. The van der Waals surface area contributed by atoms with E-state index in [4.69, 9.17) is 35.1 Å². The number of benzene rings is 2. The lowest BCUT2D eigenvalue weighted by Crippen LogP contribution is -1.95. The minimum Gasteiger partial charge on any atom is -0.497 e. The van der Waals surface area contributed by atoms with Crippen LogP contribution in [-0.4, -0.2) is 38.1 Å². The van der Waals surface area contributed by atoms with Gasteiger partial charge in [-0.15, -0.1) is 0 Å². The first-order chi connectivity index (χ1) is 14.1. The molecule has 0 unspecified atom stereocenters. The van der Waals surface area contributed by atoms with Gasteiger partial charge in [0.1, 0.15) is 16.5 Å². The van der Waals surface area contributed by atoms with E-state index in [2.05, 4.69) is 10.1 Å². The quantitative estimate of drug-likeness (QED) is 0.517. The summed E-state index contributed by atoms with van der Waals surface area (Å²) in [5.41, 5.74) is 1.47. The van der Waals surface area contributed by atoms with E-state index in [9.17, 15) is 0 Å². The third-order valence-electron chi connectivity index (χ3n) is 4.06. The van der Waals surface area contributed by atoms with Gasteiger partial charge in [-0.2, -0.15) is 4.98 Å². The van der Waals surface area contributed by atoms with Crippen molar-refractivity contribution in [1.82, 2.24) is 10.1 Å². The van der Waals surface area contributed by atoms with Crippen LogP contribution in [0.15, 0.2) is 40.9 Å². The summed E-state index contributed by atoms with van der Waals surface area (Å²) in [6.07, 6.45) is 1.71. The molecule has 0 saturated carbocycles. The van der Waals surface area contributed by atoms with Crippen molar-refractivity contribution < 1.29 is 23.5 Å². The third-order valence-corrected chi connectivity index (χ3v) is 4.33. The molecule has 0 bridgehead atoms. The molecule has 1 aromatic heterocycles. The molecule has 0 saturated heterocycles. The molecule has 3 rings (SSSR count). The van der Waals surface area contributed by atoms with Crippen molar-refractivity contribution in [2.75, 3.05) is 27.9 Å². The van der Waals surface area contributed by atoms with Gasteiger partial charge < -0.3 is 23.5 Å². The Morgan fingerprint density at radius 1 is 1.00 bits per heavy atom. The number of rotatable bonds is 8. The maximum absolute atomic E-state index is 6.41. The fourth-order valence-electron chi connectivity index (χ4n) is 2.67. The average Bonchev–Trinajstić information content (AvgIpc) is 3.24. The van der Waals surface area contributed by atoms with Gasteiger partial charge in [-0.1, -0.05) is 22.8 Å². The van der Waals surface area contributed by atoms with Crippen LogP contribution in [0.2, 0.25) is 0 Å². The second kappa shape index (κ2) is 9.34. The van der Waals surface area contributed by atoms with Crippen molar-refractivity contribution in [3.8, 4) is 34.4 Å². The van der Waals surface area contributed by atoms with Crippen LogP contribution < -0.4 is 18.9 Å². The summed E-state index contributed by atoms with van der Waals surface area (Å²) in [4.78, 5) is 4.38. The van der Waals surface area contributed by atoms with E-state index in [-0.39, 0.29) is 5.89 Å². The molecule has 0 atom stereocenters. The van der Waals surface area contributed by atoms with Crippen molar-refractivity contribution in [2.45, 2.75) is 6.92 Å². The molecule has 0 spiro atoms. The van der Waals surface area contributed by atoms with Crippen molar-refractivity contribution >= 4 is 22.7 Å². The van der Waals surface area contributed by atoms with Crippen LogP contribution in [0.25, 0.3) is 22.5 Å². The molecular weight excluding hydrogens is 396 g/mol. The van der Waals surface area contributed by atoms with Gasteiger partial charge in [0.15, 0.2) is 11.5 Å². The minimum absolute atomic E-state index is 0.188. The van der Waals surface area contributed by atoms with Crippen LogP contribution >= 0.6 is 11.6 Å². The van der Waals surface area contributed by atoms with Crippen LogP contribution in [0.1, 0.15) is 18.4 Å². The molecule has 1 heterocycles. The molecule has 0 amide bonds. The predicted octanol–water partition coefficient (Wildman–Crippen LogP) is 4.90. The Morgan fingerprint density at radius 2 is 1.79 bits per heavy atom. The van der Waals surface area contributed by atoms with Gasteiger partial charge in [0.2, 0.25) is 5.82 Å². The summed E-state index contributed by atoms with van der Waals surface area (Å²) < 4.78 is 26.8. The Balaban J connectivity index is 1.90. The highest BCUT2D eigenvalue weighted by molar-refractivity contribution is 6.50. The number of hydrogen-bond donors (Lipinski definition) is 0. The maximum Gasteiger partial charge on any atom is 0.269 e. The van der Waals surface area contributed by atoms with Crippen LogP contribution in [0.4, 0.5) is 0 Å². The monoisotopic (exact) mass is 416 g/mol. The van der Waals surface area contributed by atoms with Crippen molar-refractivity contribution in [3.63, 3.8) is 0 Å². The SMILES string of the molecule is CCOc1cc(/C=C(\Cl)c2nc(-c3ccc(OC)cc3OC)no2)ccc1OC. The Labute approximate surface area is 173 Å². The van der Waals surface area contributed by atoms with E-state index >= 15 is 0 Å². The largest absolute Gasteiger partial charge is 0.497 e. The fraction of sp³-hybridized carbons (Fsp3) is 0.238. The number of hydrogen-bond acceptors (Lipinski definition) is 7. The van der Waals surface area contributed by atoms with E-state index in [1.165, 1.54) is 0 Å². The summed E-state index contributed by atoms with van der Waals surface area (Å²) >= 11 is 6.41. The summed E-state index contributed by atoms with van der Waals surface area (Å²) in [6.45, 7) is 2.43. The van der Waals surface area contributed by atoms with E-state index < -0.39 is 0 Å². The van der Waals surface area contributed by atoms with Crippen LogP contribution in [-0.2, 0) is 0 Å². The molecule has 7 nitrogen and oxygen atoms in total. The second-order valence-corrected chi connectivity index (χ2v) is 6.23. The number of aromatic nitrogens is 2. The number of nitrogens with zero attached hydrogens (tertiary/aromatic N) is 2. The molecule has 29 heavy (non-hydrogen) atoms. The molecule has 152 valence electrons. The third kappa shape index (κ3) is 4.63. The summed E-state index contributed by atoms with van der Waals surface area (Å²) in [6, 6.07) is 10.8. The van der Waals surface area contributed by atoms with Crippen molar-refractivity contribution in [1.29, 1.82) is 0 Å². The topological polar surface area (TPSA) is 75.8 Å². The van der Waals surface area contributed by atoms with E-state index in [1.54, 1.807) is 45.6 Å². The Kier molecular flexibility index (Phi) is 6.61. The highest BCUT2D eigenvalue weighted by atomic mass is 35.5. The summed E-state index contributed by atoms with van der Waals surface area (Å²) in [5.74, 6) is 3.04. The highest BCUT2D eigenvalue weighted by Crippen LogP contribution is 2.34. The standard InChI is InChI=1S/C21H21ClN2O5/c1-5-28-19-11-13(6-9-17(19)26-3)10-16(22)21-23-20(24-29-21)15-8-7-14(25-2)12-18(15)27-4/h6-12H,5H2,1-4H3/b16-10-. The summed E-state index contributed by atoms with van der Waals surface area (Å²) in [5, 5.41) is 4.31. The second-order valence-electron chi connectivity index (χ2n) is 5.82. The number of halogens is 1. The molecule has 0 radical (unpaired) electrons. The first-order valence-electron chi connectivity index (χ1n) is 8.84. The van der Waals surface area contributed by atoms with Crippen LogP contribution in [0.3, 0.4) is 0 Å². The van der Waals surface area contributed by atoms with Crippen molar-refractivity contribution in [3.05, 3.63) is 47.9 Å². The maximum atomic E-state index is 6.41. The lowest BCUT2D eigenvalue weighted by molar-refractivity contribution is 0.311. The van der Waals surface area contributed by atoms with Gasteiger partial charge in [0, 0.05) is 6.07 Å². The van der Waals surface area contributed by atoms with Gasteiger partial charge in [0.25, 0.3) is 5.89 Å². The smallest absolute Gasteiger partial charge is 0.269 e. The average molecular weight is 417 g/mol. The van der Waals surface area contributed by atoms with Crippen LogP contribution in [0.5, 0.6) is 23.0 Å². The predicted molar refractivity (Wildman–Crippen MR) is 111 cm³/mol. The lowest BCUT2D eigenvalue weighted by atomic mass is 10.1. The molecule has 0 N–H and O–H groups in total. The highest BCUT2D eigenvalue weighted by Gasteiger charge is 2.16. The van der Waals surface area contributed by atoms with Crippen LogP contribution in [0, 0.1) is 0 Å².